The van der Waals surface area contributed by atoms with Crippen molar-refractivity contribution in [3.8, 4) is 0 Å². The SMILES string of the molecule is O=C1NC(=Cc2cc3ccccc3[nH]2)CO1. The van der Waals surface area contributed by atoms with Crippen molar-refractivity contribution in [3.63, 3.8) is 0 Å². The summed E-state index contributed by atoms with van der Waals surface area (Å²) in [7, 11) is 0. The van der Waals surface area contributed by atoms with Crippen molar-refractivity contribution in [2.75, 3.05) is 6.61 Å². The Morgan fingerprint density at radius 3 is 2.94 bits per heavy atom. The number of carbonyl (C=O) groups excluding carboxylic acids is 1. The number of alkyl carbamates (subject to hydrolysis) is 1. The molecule has 4 nitrogen and oxygen atoms in total. The summed E-state index contributed by atoms with van der Waals surface area (Å²) in [5.74, 6) is 0. The molecule has 2 aromatic rings. The first kappa shape index (κ1) is 9.03. The van der Waals surface area contributed by atoms with E-state index in [1.807, 2.05) is 36.4 Å². The topological polar surface area (TPSA) is 54.1 Å². The highest BCUT2D eigenvalue weighted by molar-refractivity contribution is 5.83. The maximum Gasteiger partial charge on any atom is 0.411 e. The van der Waals surface area contributed by atoms with Crippen molar-refractivity contribution < 1.29 is 9.53 Å². The fraction of sp³-hybridized carbons (Fsp3) is 0.0833. The minimum atomic E-state index is -0.387. The van der Waals surface area contributed by atoms with Crippen LogP contribution in [-0.2, 0) is 4.74 Å². The van der Waals surface area contributed by atoms with Gasteiger partial charge in [0, 0.05) is 11.2 Å². The van der Waals surface area contributed by atoms with Crippen molar-refractivity contribution in [2.24, 2.45) is 0 Å². The van der Waals surface area contributed by atoms with Crippen LogP contribution in [0.5, 0.6) is 0 Å². The van der Waals surface area contributed by atoms with Crippen molar-refractivity contribution in [2.45, 2.75) is 0 Å². The van der Waals surface area contributed by atoms with E-state index in [1.54, 1.807) is 0 Å². The molecule has 1 aromatic carbocycles. The number of para-hydroxylation sites is 1. The van der Waals surface area contributed by atoms with Crippen LogP contribution in [0.1, 0.15) is 5.69 Å². The van der Waals surface area contributed by atoms with Crippen molar-refractivity contribution in [3.05, 3.63) is 41.7 Å². The summed E-state index contributed by atoms with van der Waals surface area (Å²) in [6.45, 7) is 0.314. The van der Waals surface area contributed by atoms with Gasteiger partial charge in [-0.05, 0) is 23.6 Å². The Kier molecular flexibility index (Phi) is 1.93. The normalized spacial score (nSPS) is 17.8. The molecule has 0 atom stereocenters. The van der Waals surface area contributed by atoms with Gasteiger partial charge in [-0.2, -0.15) is 0 Å². The van der Waals surface area contributed by atoms with E-state index in [-0.39, 0.29) is 6.09 Å². The fourth-order valence-electron chi connectivity index (χ4n) is 1.79. The van der Waals surface area contributed by atoms with E-state index in [0.717, 1.165) is 22.3 Å². The summed E-state index contributed by atoms with van der Waals surface area (Å²) in [5, 5.41) is 3.78. The zero-order valence-electron chi connectivity index (χ0n) is 8.49. The standard InChI is InChI=1S/C12H10N2O2/c15-12-14-10(7-16-12)6-9-5-8-3-1-2-4-11(8)13-9/h1-6,13H,7H2,(H,14,15). The average Bonchev–Trinajstić information content (AvgIpc) is 2.84. The van der Waals surface area contributed by atoms with Crippen molar-refractivity contribution >= 4 is 23.1 Å². The van der Waals surface area contributed by atoms with E-state index in [0.29, 0.717) is 6.61 Å². The molecule has 1 amide bonds. The molecule has 2 heterocycles. The second-order valence-corrected chi connectivity index (χ2v) is 3.68. The van der Waals surface area contributed by atoms with Gasteiger partial charge in [0.25, 0.3) is 0 Å². The predicted molar refractivity (Wildman–Crippen MR) is 60.8 cm³/mol. The number of benzene rings is 1. The van der Waals surface area contributed by atoms with Gasteiger partial charge in [0.15, 0.2) is 0 Å². The molecular formula is C12H10N2O2. The molecule has 0 radical (unpaired) electrons. The van der Waals surface area contributed by atoms with E-state index in [2.05, 4.69) is 10.3 Å². The monoisotopic (exact) mass is 214 g/mol. The maximum atomic E-state index is 10.8. The molecule has 1 fully saturated rings. The lowest BCUT2D eigenvalue weighted by atomic mass is 10.2. The number of fused-ring (bicyclic) bond motifs is 1. The second kappa shape index (κ2) is 3.41. The lowest BCUT2D eigenvalue weighted by Gasteiger charge is -1.90. The predicted octanol–water partition coefficient (Wildman–Crippen LogP) is 2.25. The summed E-state index contributed by atoms with van der Waals surface area (Å²) < 4.78 is 4.78. The smallest absolute Gasteiger partial charge is 0.411 e. The highest BCUT2D eigenvalue weighted by atomic mass is 16.6. The lowest BCUT2D eigenvalue weighted by Crippen LogP contribution is -2.10. The summed E-state index contributed by atoms with van der Waals surface area (Å²) in [6, 6.07) is 10.1. The Morgan fingerprint density at radius 1 is 1.31 bits per heavy atom. The number of carbonyl (C=O) groups is 1. The van der Waals surface area contributed by atoms with Crippen LogP contribution >= 0.6 is 0 Å². The largest absolute Gasteiger partial charge is 0.443 e. The highest BCUT2D eigenvalue weighted by Gasteiger charge is 2.15. The summed E-state index contributed by atoms with van der Waals surface area (Å²) in [6.07, 6.45) is 1.49. The van der Waals surface area contributed by atoms with Crippen LogP contribution in [0.3, 0.4) is 0 Å². The Hall–Kier alpha value is -2.23. The van der Waals surface area contributed by atoms with E-state index in [9.17, 15) is 4.79 Å². The highest BCUT2D eigenvalue weighted by Crippen LogP contribution is 2.17. The number of ether oxygens (including phenoxy) is 1. The molecule has 1 aliphatic heterocycles. The number of aromatic amines is 1. The molecule has 0 aliphatic carbocycles. The second-order valence-electron chi connectivity index (χ2n) is 3.68. The number of rotatable bonds is 1. The molecule has 0 spiro atoms. The third-order valence-corrected chi connectivity index (χ3v) is 2.50. The number of hydrogen-bond acceptors (Lipinski definition) is 2. The molecule has 2 N–H and O–H groups in total. The van der Waals surface area contributed by atoms with Crippen LogP contribution in [0.25, 0.3) is 17.0 Å². The third-order valence-electron chi connectivity index (χ3n) is 2.50. The Bertz CT molecular complexity index is 550. The van der Waals surface area contributed by atoms with E-state index >= 15 is 0 Å². The van der Waals surface area contributed by atoms with Gasteiger partial charge in [0.1, 0.15) is 6.61 Å². The minimum Gasteiger partial charge on any atom is -0.443 e. The van der Waals surface area contributed by atoms with E-state index in [4.69, 9.17) is 4.74 Å². The number of H-pyrrole nitrogens is 1. The Balaban J connectivity index is 1.97. The number of nitrogens with one attached hydrogen (secondary N) is 2. The number of aromatic nitrogens is 1. The lowest BCUT2D eigenvalue weighted by molar-refractivity contribution is 0.179. The summed E-state index contributed by atoms with van der Waals surface area (Å²) in [4.78, 5) is 14.1. The van der Waals surface area contributed by atoms with Crippen LogP contribution < -0.4 is 5.32 Å². The molecular weight excluding hydrogens is 204 g/mol. The maximum absolute atomic E-state index is 10.8. The number of amides is 1. The number of cyclic esters (lactones) is 1. The fourth-order valence-corrected chi connectivity index (χ4v) is 1.79. The number of hydrogen-bond donors (Lipinski definition) is 2. The van der Waals surface area contributed by atoms with Gasteiger partial charge in [-0.1, -0.05) is 18.2 Å². The van der Waals surface area contributed by atoms with Gasteiger partial charge in [-0.3, -0.25) is 5.32 Å². The van der Waals surface area contributed by atoms with Crippen LogP contribution in [0.4, 0.5) is 4.79 Å². The van der Waals surface area contributed by atoms with Crippen LogP contribution in [0.2, 0.25) is 0 Å². The van der Waals surface area contributed by atoms with Crippen LogP contribution in [-0.4, -0.2) is 17.7 Å². The zero-order chi connectivity index (χ0) is 11.0. The Labute approximate surface area is 91.9 Å². The molecule has 1 aliphatic rings. The minimum absolute atomic E-state index is 0.314. The van der Waals surface area contributed by atoms with Gasteiger partial charge in [-0.15, -0.1) is 0 Å². The van der Waals surface area contributed by atoms with Gasteiger partial charge in [-0.25, -0.2) is 4.79 Å². The van der Waals surface area contributed by atoms with Gasteiger partial charge in [0.05, 0.1) is 5.70 Å². The average molecular weight is 214 g/mol. The molecule has 0 bridgehead atoms. The van der Waals surface area contributed by atoms with Crippen molar-refractivity contribution in [1.29, 1.82) is 0 Å². The molecule has 4 heteroatoms. The van der Waals surface area contributed by atoms with Gasteiger partial charge in [0.2, 0.25) is 0 Å². The molecule has 0 saturated carbocycles. The molecule has 1 saturated heterocycles. The Morgan fingerprint density at radius 2 is 2.19 bits per heavy atom. The van der Waals surface area contributed by atoms with Crippen molar-refractivity contribution in [1.82, 2.24) is 10.3 Å². The van der Waals surface area contributed by atoms with Gasteiger partial charge < -0.3 is 9.72 Å². The first-order chi connectivity index (χ1) is 7.81. The van der Waals surface area contributed by atoms with Crippen LogP contribution in [0, 0.1) is 0 Å². The summed E-state index contributed by atoms with van der Waals surface area (Å²) >= 11 is 0. The third kappa shape index (κ3) is 1.54. The molecule has 0 unspecified atom stereocenters. The van der Waals surface area contributed by atoms with E-state index in [1.165, 1.54) is 0 Å². The quantitative estimate of drug-likeness (QED) is 0.764. The summed E-state index contributed by atoms with van der Waals surface area (Å²) in [5.41, 5.74) is 2.82. The van der Waals surface area contributed by atoms with Gasteiger partial charge >= 0.3 is 6.09 Å². The first-order valence-electron chi connectivity index (χ1n) is 5.03. The zero-order valence-corrected chi connectivity index (χ0v) is 8.49. The molecule has 3 rings (SSSR count). The molecule has 16 heavy (non-hydrogen) atoms. The first-order valence-corrected chi connectivity index (χ1v) is 5.03. The molecule has 80 valence electrons. The van der Waals surface area contributed by atoms with E-state index < -0.39 is 0 Å². The van der Waals surface area contributed by atoms with Crippen LogP contribution in [0.15, 0.2) is 36.0 Å². The molecule has 1 aromatic heterocycles.